The highest BCUT2D eigenvalue weighted by molar-refractivity contribution is 7.91. The fourth-order valence-corrected chi connectivity index (χ4v) is 4.49. The van der Waals surface area contributed by atoms with E-state index in [-0.39, 0.29) is 17.9 Å². The second-order valence-corrected chi connectivity index (χ2v) is 8.66. The SMILES string of the molecule is COc1ccc(CCC(=O)O[C@H](C)C(=O)N[C@H]2CCS(=O)(=O)C2)cc1OC. The van der Waals surface area contributed by atoms with Crippen LogP contribution in [0, 0.1) is 0 Å². The van der Waals surface area contributed by atoms with Gasteiger partial charge in [-0.15, -0.1) is 0 Å². The summed E-state index contributed by atoms with van der Waals surface area (Å²) in [6, 6.07) is 4.94. The lowest BCUT2D eigenvalue weighted by Gasteiger charge is -2.16. The van der Waals surface area contributed by atoms with Crippen molar-refractivity contribution in [2.75, 3.05) is 25.7 Å². The van der Waals surface area contributed by atoms with Crippen molar-refractivity contribution in [3.05, 3.63) is 23.8 Å². The van der Waals surface area contributed by atoms with E-state index >= 15 is 0 Å². The number of carbonyl (C=O) groups is 2. The first-order valence-electron chi connectivity index (χ1n) is 8.65. The van der Waals surface area contributed by atoms with Gasteiger partial charge in [0.1, 0.15) is 0 Å². The number of carbonyl (C=O) groups excluding carboxylic acids is 2. The molecule has 0 aromatic heterocycles. The first-order valence-corrected chi connectivity index (χ1v) is 10.5. The van der Waals surface area contributed by atoms with Crippen molar-refractivity contribution in [1.29, 1.82) is 0 Å². The summed E-state index contributed by atoms with van der Waals surface area (Å²) in [6.07, 6.45) is -0.0703. The first-order chi connectivity index (χ1) is 12.7. The number of nitrogens with one attached hydrogen (secondary N) is 1. The normalized spacial score (nSPS) is 19.1. The Morgan fingerprint density at radius 1 is 1.22 bits per heavy atom. The summed E-state index contributed by atoms with van der Waals surface area (Å²) in [7, 11) is -0.00413. The number of methoxy groups -OCH3 is 2. The van der Waals surface area contributed by atoms with E-state index in [4.69, 9.17) is 14.2 Å². The highest BCUT2D eigenvalue weighted by Gasteiger charge is 2.30. The maximum atomic E-state index is 12.1. The quantitative estimate of drug-likeness (QED) is 0.646. The lowest BCUT2D eigenvalue weighted by Crippen LogP contribution is -2.42. The summed E-state index contributed by atoms with van der Waals surface area (Å²) in [5.41, 5.74) is 0.873. The molecule has 150 valence electrons. The van der Waals surface area contributed by atoms with Crippen LogP contribution in [0.15, 0.2) is 18.2 Å². The van der Waals surface area contributed by atoms with Gasteiger partial charge in [0.05, 0.1) is 25.7 Å². The van der Waals surface area contributed by atoms with E-state index < -0.39 is 33.9 Å². The molecule has 1 fully saturated rings. The summed E-state index contributed by atoms with van der Waals surface area (Å²) in [5.74, 6) is 0.171. The van der Waals surface area contributed by atoms with Crippen LogP contribution in [0.5, 0.6) is 11.5 Å². The second kappa shape index (κ2) is 9.07. The minimum absolute atomic E-state index is 0.0669. The van der Waals surface area contributed by atoms with Crippen LogP contribution in [0.2, 0.25) is 0 Å². The Balaban J connectivity index is 1.80. The molecule has 2 rings (SSSR count). The van der Waals surface area contributed by atoms with Crippen molar-refractivity contribution >= 4 is 21.7 Å². The second-order valence-electron chi connectivity index (χ2n) is 6.43. The molecule has 0 unspecified atom stereocenters. The molecule has 1 saturated heterocycles. The summed E-state index contributed by atoms with van der Waals surface area (Å²) < 4.78 is 38.4. The van der Waals surface area contributed by atoms with Gasteiger partial charge >= 0.3 is 5.97 Å². The number of hydrogen-bond donors (Lipinski definition) is 1. The van der Waals surface area contributed by atoms with Gasteiger partial charge in [0.15, 0.2) is 27.4 Å². The van der Waals surface area contributed by atoms with Crippen molar-refractivity contribution in [2.45, 2.75) is 38.3 Å². The Labute approximate surface area is 159 Å². The minimum Gasteiger partial charge on any atom is -0.493 e. The van der Waals surface area contributed by atoms with Gasteiger partial charge in [0.2, 0.25) is 0 Å². The largest absolute Gasteiger partial charge is 0.493 e. The number of esters is 1. The molecule has 27 heavy (non-hydrogen) atoms. The predicted molar refractivity (Wildman–Crippen MR) is 98.6 cm³/mol. The number of rotatable bonds is 8. The molecule has 0 bridgehead atoms. The van der Waals surface area contributed by atoms with Crippen LogP contribution in [0.1, 0.15) is 25.3 Å². The lowest BCUT2D eigenvalue weighted by atomic mass is 10.1. The summed E-state index contributed by atoms with van der Waals surface area (Å²) in [4.78, 5) is 24.1. The number of benzene rings is 1. The molecule has 1 aliphatic rings. The Bertz CT molecular complexity index is 791. The predicted octanol–water partition coefficient (Wildman–Crippen LogP) is 0.871. The Morgan fingerprint density at radius 3 is 2.52 bits per heavy atom. The van der Waals surface area contributed by atoms with E-state index in [0.717, 1.165) is 5.56 Å². The van der Waals surface area contributed by atoms with Gasteiger partial charge in [-0.25, -0.2) is 8.42 Å². The molecule has 1 amide bonds. The van der Waals surface area contributed by atoms with Crippen LogP contribution < -0.4 is 14.8 Å². The monoisotopic (exact) mass is 399 g/mol. The van der Waals surface area contributed by atoms with Crippen molar-refractivity contribution in [1.82, 2.24) is 5.32 Å². The minimum atomic E-state index is -3.08. The number of ether oxygens (including phenoxy) is 3. The van der Waals surface area contributed by atoms with E-state index in [1.54, 1.807) is 19.2 Å². The third kappa shape index (κ3) is 6.13. The van der Waals surface area contributed by atoms with Crippen molar-refractivity contribution < 1.29 is 32.2 Å². The standard InChI is InChI=1S/C18H25NO7S/c1-12(18(21)19-14-8-9-27(22,23)11-14)26-17(20)7-5-13-4-6-15(24-2)16(10-13)25-3/h4,6,10,12,14H,5,7-9,11H2,1-3H3,(H,19,21)/t12-,14+/m1/s1. The van der Waals surface area contributed by atoms with Gasteiger partial charge in [-0.3, -0.25) is 9.59 Å². The molecule has 2 atom stereocenters. The van der Waals surface area contributed by atoms with Gasteiger partial charge < -0.3 is 19.5 Å². The van der Waals surface area contributed by atoms with Crippen LogP contribution in [0.25, 0.3) is 0 Å². The number of hydrogen-bond acceptors (Lipinski definition) is 7. The van der Waals surface area contributed by atoms with E-state index in [1.807, 2.05) is 6.07 Å². The third-order valence-electron chi connectivity index (χ3n) is 4.32. The smallest absolute Gasteiger partial charge is 0.306 e. The van der Waals surface area contributed by atoms with Gasteiger partial charge in [-0.1, -0.05) is 6.07 Å². The Hall–Kier alpha value is -2.29. The highest BCUT2D eigenvalue weighted by Crippen LogP contribution is 2.28. The average Bonchev–Trinajstić information content (AvgIpc) is 2.97. The number of sulfone groups is 1. The molecule has 8 nitrogen and oxygen atoms in total. The molecule has 0 saturated carbocycles. The maximum Gasteiger partial charge on any atom is 0.306 e. The summed E-state index contributed by atoms with van der Waals surface area (Å²) in [6.45, 7) is 1.47. The molecule has 1 heterocycles. The Kier molecular flexibility index (Phi) is 7.06. The molecule has 1 N–H and O–H groups in total. The Morgan fingerprint density at radius 2 is 1.93 bits per heavy atom. The van der Waals surface area contributed by atoms with Crippen LogP contribution in [0.3, 0.4) is 0 Å². The molecule has 9 heteroatoms. The molecule has 1 aromatic carbocycles. The average molecular weight is 399 g/mol. The van der Waals surface area contributed by atoms with Crippen molar-refractivity contribution in [3.63, 3.8) is 0 Å². The van der Waals surface area contributed by atoms with Crippen LogP contribution >= 0.6 is 0 Å². The van der Waals surface area contributed by atoms with Crippen LogP contribution in [-0.2, 0) is 30.6 Å². The van der Waals surface area contributed by atoms with Gasteiger partial charge in [-0.05, 0) is 37.5 Å². The van der Waals surface area contributed by atoms with Crippen molar-refractivity contribution in [3.8, 4) is 11.5 Å². The van der Waals surface area contributed by atoms with E-state index in [1.165, 1.54) is 14.0 Å². The molecule has 1 aliphatic heterocycles. The molecule has 1 aromatic rings. The van der Waals surface area contributed by atoms with Gasteiger partial charge in [-0.2, -0.15) is 0 Å². The van der Waals surface area contributed by atoms with Crippen LogP contribution in [-0.4, -0.2) is 58.2 Å². The fourth-order valence-electron chi connectivity index (χ4n) is 2.82. The first kappa shape index (κ1) is 21.0. The molecule has 0 spiro atoms. The molecule has 0 aliphatic carbocycles. The molecule has 0 radical (unpaired) electrons. The zero-order valence-electron chi connectivity index (χ0n) is 15.7. The summed E-state index contributed by atoms with van der Waals surface area (Å²) >= 11 is 0. The topological polar surface area (TPSA) is 108 Å². The maximum absolute atomic E-state index is 12.1. The van der Waals surface area contributed by atoms with Crippen molar-refractivity contribution in [2.24, 2.45) is 0 Å². The fraction of sp³-hybridized carbons (Fsp3) is 0.556. The van der Waals surface area contributed by atoms with E-state index in [0.29, 0.717) is 24.3 Å². The molecular formula is C18H25NO7S. The van der Waals surface area contributed by atoms with E-state index in [2.05, 4.69) is 5.32 Å². The third-order valence-corrected chi connectivity index (χ3v) is 6.09. The number of amides is 1. The lowest BCUT2D eigenvalue weighted by molar-refractivity contribution is -0.155. The highest BCUT2D eigenvalue weighted by atomic mass is 32.2. The molecular weight excluding hydrogens is 374 g/mol. The zero-order chi connectivity index (χ0) is 20.0. The van der Waals surface area contributed by atoms with E-state index in [9.17, 15) is 18.0 Å². The zero-order valence-corrected chi connectivity index (χ0v) is 16.5. The number of aryl methyl sites for hydroxylation is 1. The van der Waals surface area contributed by atoms with Crippen LogP contribution in [0.4, 0.5) is 0 Å². The van der Waals surface area contributed by atoms with Gasteiger partial charge in [0.25, 0.3) is 5.91 Å². The summed E-state index contributed by atoms with van der Waals surface area (Å²) in [5, 5.41) is 2.62. The van der Waals surface area contributed by atoms with Gasteiger partial charge in [0, 0.05) is 12.5 Å².